The van der Waals surface area contributed by atoms with E-state index in [4.69, 9.17) is 14.5 Å². The van der Waals surface area contributed by atoms with E-state index in [1.54, 1.807) is 18.7 Å². The van der Waals surface area contributed by atoms with E-state index in [1.165, 1.54) is 11.8 Å². The molecule has 0 aliphatic heterocycles. The fourth-order valence-corrected chi connectivity index (χ4v) is 4.13. The van der Waals surface area contributed by atoms with Crippen LogP contribution in [0.3, 0.4) is 0 Å². The van der Waals surface area contributed by atoms with Crippen molar-refractivity contribution >= 4 is 34.2 Å². The molecule has 1 amide bonds. The molecular weight excluding hydrogens is 414 g/mol. The number of hydrogen-bond acceptors (Lipinski definition) is 7. The zero-order chi connectivity index (χ0) is 22.0. The molecule has 0 saturated carbocycles. The molecule has 31 heavy (non-hydrogen) atoms. The van der Waals surface area contributed by atoms with Crippen molar-refractivity contribution in [3.63, 3.8) is 0 Å². The Kier molecular flexibility index (Phi) is 5.94. The highest BCUT2D eigenvalue weighted by Crippen LogP contribution is 2.28. The zero-order valence-electron chi connectivity index (χ0n) is 17.7. The molecule has 2 aromatic heterocycles. The highest BCUT2D eigenvalue weighted by atomic mass is 32.2. The van der Waals surface area contributed by atoms with Crippen molar-refractivity contribution in [3.8, 4) is 11.5 Å². The second-order valence-corrected chi connectivity index (χ2v) is 8.28. The summed E-state index contributed by atoms with van der Waals surface area (Å²) in [7, 11) is 3.18. The van der Waals surface area contributed by atoms with Crippen LogP contribution in [0, 0.1) is 6.92 Å². The number of carbonyl (C=O) groups is 1. The molecule has 0 bridgehead atoms. The maximum Gasteiger partial charge on any atom is 0.233 e. The van der Waals surface area contributed by atoms with Crippen molar-refractivity contribution in [1.82, 2.24) is 24.9 Å². The van der Waals surface area contributed by atoms with Crippen molar-refractivity contribution in [2.75, 3.05) is 14.2 Å². The number of aryl methyl sites for hydroxylation is 1. The number of para-hydroxylation sites is 1. The Balaban J connectivity index is 1.51. The Morgan fingerprint density at radius 2 is 1.90 bits per heavy atom. The van der Waals surface area contributed by atoms with Gasteiger partial charge in [0.2, 0.25) is 5.91 Å². The number of thioether (sulfide) groups is 1. The number of rotatable bonds is 7. The number of amides is 1. The number of ether oxygens (including phenoxy) is 2. The standard InChI is InChI=1S/C22H23N5O3S/c1-13(21(28)23-12-15-9-10-18(29-3)19(11-15)30-4)31-22-25-17-8-6-5-7-16(17)20-24-14(2)26-27(20)22/h5-11,13H,12H2,1-4H3,(H,23,28). The van der Waals surface area contributed by atoms with E-state index < -0.39 is 0 Å². The smallest absolute Gasteiger partial charge is 0.233 e. The lowest BCUT2D eigenvalue weighted by atomic mass is 10.2. The third-order valence-corrected chi connectivity index (χ3v) is 5.86. The van der Waals surface area contributed by atoms with E-state index in [-0.39, 0.29) is 11.2 Å². The predicted octanol–water partition coefficient (Wildman–Crippen LogP) is 3.40. The van der Waals surface area contributed by atoms with Gasteiger partial charge in [-0.15, -0.1) is 5.10 Å². The summed E-state index contributed by atoms with van der Waals surface area (Å²) >= 11 is 1.35. The Hall–Kier alpha value is -3.33. The molecule has 1 unspecified atom stereocenters. The first-order valence-electron chi connectivity index (χ1n) is 9.77. The fraction of sp³-hybridized carbons (Fsp3) is 0.273. The van der Waals surface area contributed by atoms with Gasteiger partial charge in [0.1, 0.15) is 5.82 Å². The summed E-state index contributed by atoms with van der Waals surface area (Å²) in [4.78, 5) is 22.0. The molecule has 0 aliphatic carbocycles. The third kappa shape index (κ3) is 4.27. The second-order valence-electron chi connectivity index (χ2n) is 6.97. The minimum Gasteiger partial charge on any atom is -0.493 e. The topological polar surface area (TPSA) is 90.6 Å². The van der Waals surface area contributed by atoms with Crippen LogP contribution in [0.1, 0.15) is 18.3 Å². The average Bonchev–Trinajstić information content (AvgIpc) is 3.19. The van der Waals surface area contributed by atoms with Crippen LogP contribution in [-0.2, 0) is 11.3 Å². The van der Waals surface area contributed by atoms with Gasteiger partial charge in [-0.2, -0.15) is 4.52 Å². The number of nitrogens with one attached hydrogen (secondary N) is 1. The molecule has 0 radical (unpaired) electrons. The first-order valence-corrected chi connectivity index (χ1v) is 10.7. The lowest BCUT2D eigenvalue weighted by molar-refractivity contribution is -0.120. The SMILES string of the molecule is COc1ccc(CNC(=O)C(C)Sc2nc3ccccc3c3nc(C)nn23)cc1OC. The molecule has 1 atom stereocenters. The van der Waals surface area contributed by atoms with Gasteiger partial charge in [0.05, 0.1) is 25.0 Å². The second kappa shape index (κ2) is 8.81. The first kappa shape index (κ1) is 20.9. The van der Waals surface area contributed by atoms with E-state index in [1.807, 2.05) is 56.3 Å². The number of fused-ring (bicyclic) bond motifs is 3. The third-order valence-electron chi connectivity index (χ3n) is 4.82. The summed E-state index contributed by atoms with van der Waals surface area (Å²) in [5.74, 6) is 1.84. The van der Waals surface area contributed by atoms with Crippen molar-refractivity contribution in [1.29, 1.82) is 0 Å². The highest BCUT2D eigenvalue weighted by molar-refractivity contribution is 8.00. The molecular formula is C22H23N5O3S. The summed E-state index contributed by atoms with van der Waals surface area (Å²) in [6.45, 7) is 4.07. The van der Waals surface area contributed by atoms with Crippen molar-refractivity contribution < 1.29 is 14.3 Å². The van der Waals surface area contributed by atoms with Crippen LogP contribution in [0.15, 0.2) is 47.6 Å². The molecule has 8 nitrogen and oxygen atoms in total. The van der Waals surface area contributed by atoms with Gasteiger partial charge in [-0.25, -0.2) is 9.97 Å². The predicted molar refractivity (Wildman–Crippen MR) is 120 cm³/mol. The van der Waals surface area contributed by atoms with Gasteiger partial charge >= 0.3 is 0 Å². The minimum atomic E-state index is -0.374. The van der Waals surface area contributed by atoms with E-state index in [0.29, 0.717) is 29.0 Å². The Morgan fingerprint density at radius 3 is 2.68 bits per heavy atom. The van der Waals surface area contributed by atoms with Gasteiger partial charge < -0.3 is 14.8 Å². The summed E-state index contributed by atoms with van der Waals surface area (Å²) < 4.78 is 12.3. The van der Waals surface area contributed by atoms with Gasteiger partial charge in [-0.3, -0.25) is 4.79 Å². The van der Waals surface area contributed by atoms with Crippen LogP contribution in [0.4, 0.5) is 0 Å². The summed E-state index contributed by atoms with van der Waals surface area (Å²) in [5, 5.41) is 8.62. The van der Waals surface area contributed by atoms with Crippen LogP contribution < -0.4 is 14.8 Å². The number of nitrogens with zero attached hydrogens (tertiary/aromatic N) is 4. The lowest BCUT2D eigenvalue weighted by Gasteiger charge is -2.14. The maximum absolute atomic E-state index is 12.7. The monoisotopic (exact) mass is 437 g/mol. The first-order chi connectivity index (χ1) is 15.0. The minimum absolute atomic E-state index is 0.0975. The number of methoxy groups -OCH3 is 2. The zero-order valence-corrected chi connectivity index (χ0v) is 18.6. The lowest BCUT2D eigenvalue weighted by Crippen LogP contribution is -2.30. The molecule has 2 heterocycles. The van der Waals surface area contributed by atoms with Crippen LogP contribution in [0.5, 0.6) is 11.5 Å². The number of benzene rings is 2. The van der Waals surface area contributed by atoms with Gasteiger partial charge in [-0.05, 0) is 43.7 Å². The van der Waals surface area contributed by atoms with Crippen molar-refractivity contribution in [2.45, 2.75) is 30.8 Å². The molecule has 2 aromatic carbocycles. The molecule has 9 heteroatoms. The van der Waals surface area contributed by atoms with E-state index in [2.05, 4.69) is 15.4 Å². The molecule has 4 aromatic rings. The fourth-order valence-electron chi connectivity index (χ4n) is 3.24. The van der Waals surface area contributed by atoms with Crippen LogP contribution in [-0.4, -0.2) is 45.0 Å². The Labute approximate surface area is 184 Å². The highest BCUT2D eigenvalue weighted by Gasteiger charge is 2.19. The van der Waals surface area contributed by atoms with Crippen LogP contribution in [0.25, 0.3) is 16.6 Å². The van der Waals surface area contributed by atoms with Crippen LogP contribution >= 0.6 is 11.8 Å². The van der Waals surface area contributed by atoms with Crippen LogP contribution in [0.2, 0.25) is 0 Å². The van der Waals surface area contributed by atoms with Gasteiger partial charge in [0.25, 0.3) is 0 Å². The number of carbonyl (C=O) groups excluding carboxylic acids is 1. The van der Waals surface area contributed by atoms with Crippen molar-refractivity contribution in [2.24, 2.45) is 0 Å². The molecule has 0 saturated heterocycles. The van der Waals surface area contributed by atoms with E-state index in [0.717, 1.165) is 22.1 Å². The molecule has 1 N–H and O–H groups in total. The van der Waals surface area contributed by atoms with E-state index in [9.17, 15) is 4.79 Å². The quantitative estimate of drug-likeness (QED) is 0.350. The van der Waals surface area contributed by atoms with Gasteiger partial charge in [-0.1, -0.05) is 30.0 Å². The summed E-state index contributed by atoms with van der Waals surface area (Å²) in [6, 6.07) is 13.4. The average molecular weight is 438 g/mol. The molecule has 160 valence electrons. The molecule has 0 fully saturated rings. The number of aromatic nitrogens is 4. The van der Waals surface area contributed by atoms with E-state index >= 15 is 0 Å². The molecule has 4 rings (SSSR count). The molecule has 0 spiro atoms. The Bertz CT molecular complexity index is 1260. The number of hydrogen-bond donors (Lipinski definition) is 1. The largest absolute Gasteiger partial charge is 0.493 e. The normalized spacial score (nSPS) is 12.1. The van der Waals surface area contributed by atoms with Gasteiger partial charge in [0, 0.05) is 11.9 Å². The Morgan fingerprint density at radius 1 is 1.13 bits per heavy atom. The van der Waals surface area contributed by atoms with Crippen molar-refractivity contribution in [3.05, 3.63) is 53.9 Å². The van der Waals surface area contributed by atoms with Gasteiger partial charge in [0.15, 0.2) is 22.3 Å². The maximum atomic E-state index is 12.7. The summed E-state index contributed by atoms with van der Waals surface area (Å²) in [5.41, 5.74) is 2.48. The summed E-state index contributed by atoms with van der Waals surface area (Å²) in [6.07, 6.45) is 0. The molecule has 0 aliphatic rings.